The summed E-state index contributed by atoms with van der Waals surface area (Å²) >= 11 is 12.6. The predicted octanol–water partition coefficient (Wildman–Crippen LogP) is 4.94. The van der Waals surface area contributed by atoms with E-state index in [2.05, 4.69) is 5.32 Å². The van der Waals surface area contributed by atoms with Crippen LogP contribution in [0.25, 0.3) is 10.9 Å². The lowest BCUT2D eigenvalue weighted by Crippen LogP contribution is -2.37. The van der Waals surface area contributed by atoms with E-state index in [0.29, 0.717) is 22.5 Å². The zero-order valence-corrected chi connectivity index (χ0v) is 17.1. The molecule has 1 fully saturated rings. The van der Waals surface area contributed by atoms with Gasteiger partial charge < -0.3 is 15.0 Å². The number of carbonyl (C=O) groups is 2. The van der Waals surface area contributed by atoms with E-state index >= 15 is 0 Å². The fourth-order valence-electron chi connectivity index (χ4n) is 3.89. The van der Waals surface area contributed by atoms with E-state index in [1.54, 1.807) is 22.8 Å². The Morgan fingerprint density at radius 1 is 1.07 bits per heavy atom. The summed E-state index contributed by atoms with van der Waals surface area (Å²) in [5.74, 6) is -1.34. The Kier molecular flexibility index (Phi) is 5.52. The Balaban J connectivity index is 1.73. The molecule has 0 aliphatic heterocycles. The van der Waals surface area contributed by atoms with Crippen LogP contribution in [0.4, 0.5) is 0 Å². The highest BCUT2D eigenvalue weighted by Gasteiger charge is 2.28. The van der Waals surface area contributed by atoms with E-state index in [1.165, 1.54) is 12.1 Å². The van der Waals surface area contributed by atoms with E-state index < -0.39 is 11.7 Å². The molecule has 3 aromatic rings. The number of hydrogen-bond acceptors (Lipinski definition) is 3. The standard InChI is InChI=1S/C22H20Cl2N2O3/c23-14-7-5-13(6-8-14)12-26-18-10-9-16(27)11-17(18)19(21(26)24)20(28)22(29)25-15-3-1-2-4-15/h5-11,15,27H,1-4,12H2,(H,25,29). The number of Topliss-reactive ketones (excluding diaryl/α,β-unsaturated/α-hetero) is 1. The van der Waals surface area contributed by atoms with Gasteiger partial charge in [-0.05, 0) is 48.7 Å². The number of phenols is 1. The van der Waals surface area contributed by atoms with Crippen LogP contribution in [0.15, 0.2) is 42.5 Å². The molecule has 4 rings (SSSR count). The third-order valence-electron chi connectivity index (χ3n) is 5.36. The van der Waals surface area contributed by atoms with Crippen LogP contribution in [0.5, 0.6) is 5.75 Å². The minimum Gasteiger partial charge on any atom is -0.508 e. The van der Waals surface area contributed by atoms with Crippen molar-refractivity contribution in [2.24, 2.45) is 0 Å². The van der Waals surface area contributed by atoms with Gasteiger partial charge >= 0.3 is 0 Å². The first-order chi connectivity index (χ1) is 13.9. The molecule has 2 aromatic carbocycles. The fourth-order valence-corrected chi connectivity index (χ4v) is 4.35. The van der Waals surface area contributed by atoms with E-state index in [-0.39, 0.29) is 22.5 Å². The Labute approximate surface area is 178 Å². The molecule has 0 unspecified atom stereocenters. The van der Waals surface area contributed by atoms with Gasteiger partial charge in [0.2, 0.25) is 0 Å². The average Bonchev–Trinajstić information content (AvgIpc) is 3.29. The highest BCUT2D eigenvalue weighted by Crippen LogP contribution is 2.34. The third-order valence-corrected chi connectivity index (χ3v) is 6.01. The number of halogens is 2. The summed E-state index contributed by atoms with van der Waals surface area (Å²) in [6, 6.07) is 12.0. The lowest BCUT2D eigenvalue weighted by atomic mass is 10.1. The number of nitrogens with zero attached hydrogens (tertiary/aromatic N) is 1. The Bertz CT molecular complexity index is 1080. The summed E-state index contributed by atoms with van der Waals surface area (Å²) in [5, 5.41) is 14.0. The van der Waals surface area contributed by atoms with Gasteiger partial charge in [0, 0.05) is 23.0 Å². The summed E-state index contributed by atoms with van der Waals surface area (Å²) < 4.78 is 1.76. The maximum absolute atomic E-state index is 13.0. The number of nitrogens with one attached hydrogen (secondary N) is 1. The molecule has 5 nitrogen and oxygen atoms in total. The zero-order chi connectivity index (χ0) is 20.5. The van der Waals surface area contributed by atoms with Crippen molar-refractivity contribution in [3.05, 3.63) is 63.8 Å². The molecule has 2 N–H and O–H groups in total. The second kappa shape index (κ2) is 8.09. The number of benzene rings is 2. The van der Waals surface area contributed by atoms with E-state index in [0.717, 1.165) is 31.2 Å². The van der Waals surface area contributed by atoms with E-state index in [4.69, 9.17) is 23.2 Å². The molecule has 1 saturated carbocycles. The zero-order valence-electron chi connectivity index (χ0n) is 15.6. The maximum Gasteiger partial charge on any atom is 0.292 e. The summed E-state index contributed by atoms with van der Waals surface area (Å²) in [7, 11) is 0. The second-order valence-corrected chi connectivity index (χ2v) is 8.16. The number of carbonyl (C=O) groups excluding carboxylic acids is 2. The van der Waals surface area contributed by atoms with Gasteiger partial charge in [0.15, 0.2) is 0 Å². The minimum absolute atomic E-state index is 0.00283. The molecule has 0 atom stereocenters. The van der Waals surface area contributed by atoms with Gasteiger partial charge in [0.05, 0.1) is 11.1 Å². The van der Waals surface area contributed by atoms with Crippen molar-refractivity contribution in [1.82, 2.24) is 9.88 Å². The highest BCUT2D eigenvalue weighted by molar-refractivity contribution is 6.49. The minimum atomic E-state index is -0.688. The van der Waals surface area contributed by atoms with Crippen molar-refractivity contribution in [1.29, 1.82) is 0 Å². The van der Waals surface area contributed by atoms with Gasteiger partial charge in [0.1, 0.15) is 10.9 Å². The number of aromatic nitrogens is 1. The van der Waals surface area contributed by atoms with Gasteiger partial charge in [-0.2, -0.15) is 0 Å². The number of fused-ring (bicyclic) bond motifs is 1. The molecule has 0 radical (unpaired) electrons. The molecular formula is C22H20Cl2N2O3. The molecule has 1 heterocycles. The number of rotatable bonds is 5. The quantitative estimate of drug-likeness (QED) is 0.444. The maximum atomic E-state index is 13.0. The van der Waals surface area contributed by atoms with Crippen molar-refractivity contribution in [3.63, 3.8) is 0 Å². The Morgan fingerprint density at radius 2 is 1.76 bits per heavy atom. The molecule has 1 amide bonds. The lowest BCUT2D eigenvalue weighted by Gasteiger charge is -2.11. The molecule has 150 valence electrons. The molecule has 0 bridgehead atoms. The van der Waals surface area contributed by atoms with Gasteiger partial charge in [-0.15, -0.1) is 0 Å². The third kappa shape index (κ3) is 3.98. The molecule has 1 aromatic heterocycles. The van der Waals surface area contributed by atoms with Crippen LogP contribution in [-0.4, -0.2) is 27.4 Å². The highest BCUT2D eigenvalue weighted by atomic mass is 35.5. The molecule has 29 heavy (non-hydrogen) atoms. The molecular weight excluding hydrogens is 411 g/mol. The van der Waals surface area contributed by atoms with Crippen molar-refractivity contribution in [2.45, 2.75) is 38.3 Å². The summed E-state index contributed by atoms with van der Waals surface area (Å²) in [6.45, 7) is 0.398. The van der Waals surface area contributed by atoms with Crippen LogP contribution >= 0.6 is 23.2 Å². The predicted molar refractivity (Wildman–Crippen MR) is 114 cm³/mol. The fraction of sp³-hybridized carbons (Fsp3) is 0.273. The van der Waals surface area contributed by atoms with E-state index in [9.17, 15) is 14.7 Å². The first-order valence-corrected chi connectivity index (χ1v) is 10.3. The van der Waals surface area contributed by atoms with Gasteiger partial charge in [-0.1, -0.05) is 48.2 Å². The van der Waals surface area contributed by atoms with Gasteiger partial charge in [0.25, 0.3) is 11.7 Å². The summed E-state index contributed by atoms with van der Waals surface area (Å²) in [6.07, 6.45) is 3.86. The Hall–Kier alpha value is -2.50. The number of ketones is 1. The van der Waals surface area contributed by atoms with Crippen molar-refractivity contribution in [3.8, 4) is 5.75 Å². The van der Waals surface area contributed by atoms with Crippen molar-refractivity contribution >= 4 is 45.8 Å². The second-order valence-electron chi connectivity index (χ2n) is 7.36. The van der Waals surface area contributed by atoms with Crippen molar-refractivity contribution < 1.29 is 14.7 Å². The number of aromatic hydroxyl groups is 1. The summed E-state index contributed by atoms with van der Waals surface area (Å²) in [5.41, 5.74) is 1.72. The largest absolute Gasteiger partial charge is 0.508 e. The van der Waals surface area contributed by atoms with E-state index in [1.807, 2.05) is 12.1 Å². The normalized spacial score (nSPS) is 14.4. The summed E-state index contributed by atoms with van der Waals surface area (Å²) in [4.78, 5) is 25.6. The Morgan fingerprint density at radius 3 is 2.45 bits per heavy atom. The number of phenolic OH excluding ortho intramolecular Hbond substituents is 1. The van der Waals surface area contributed by atoms with Gasteiger partial charge in [-0.3, -0.25) is 9.59 Å². The first-order valence-electron chi connectivity index (χ1n) is 9.54. The molecule has 1 aliphatic rings. The van der Waals surface area contributed by atoms with Crippen molar-refractivity contribution in [2.75, 3.05) is 0 Å². The number of amides is 1. The van der Waals surface area contributed by atoms with Crippen LogP contribution in [0.3, 0.4) is 0 Å². The first kappa shape index (κ1) is 19.8. The van der Waals surface area contributed by atoms with Crippen LogP contribution in [0, 0.1) is 0 Å². The van der Waals surface area contributed by atoms with Crippen LogP contribution in [0.1, 0.15) is 41.6 Å². The van der Waals surface area contributed by atoms with Crippen LogP contribution in [0.2, 0.25) is 10.2 Å². The van der Waals surface area contributed by atoms with Crippen LogP contribution < -0.4 is 5.32 Å². The molecule has 7 heteroatoms. The van der Waals surface area contributed by atoms with Gasteiger partial charge in [-0.25, -0.2) is 0 Å². The van der Waals surface area contributed by atoms with Crippen LogP contribution in [-0.2, 0) is 11.3 Å². The number of hydrogen-bond donors (Lipinski definition) is 2. The lowest BCUT2D eigenvalue weighted by molar-refractivity contribution is -0.117. The monoisotopic (exact) mass is 430 g/mol. The SMILES string of the molecule is O=C(NC1CCCC1)C(=O)c1c(Cl)n(Cc2ccc(Cl)cc2)c2ccc(O)cc12. The molecule has 0 saturated heterocycles. The molecule has 0 spiro atoms. The average molecular weight is 431 g/mol. The molecule has 1 aliphatic carbocycles. The smallest absolute Gasteiger partial charge is 0.292 e. The topological polar surface area (TPSA) is 71.3 Å².